The molecule has 0 aliphatic heterocycles. The van der Waals surface area contributed by atoms with Gasteiger partial charge in [-0.25, -0.2) is 9.36 Å². The molecule has 0 aliphatic rings. The van der Waals surface area contributed by atoms with Crippen molar-refractivity contribution in [1.82, 2.24) is 4.57 Å². The second kappa shape index (κ2) is 5.81. The molecule has 0 bridgehead atoms. The van der Waals surface area contributed by atoms with Crippen LogP contribution in [0.4, 0.5) is 10.5 Å². The lowest BCUT2D eigenvalue weighted by molar-refractivity contribution is -0.670. The van der Waals surface area contributed by atoms with Gasteiger partial charge in [-0.1, -0.05) is 17.7 Å². The number of imidazole rings is 1. The third kappa shape index (κ3) is 3.55. The molecule has 1 N–H and O–H groups in total. The van der Waals surface area contributed by atoms with E-state index in [9.17, 15) is 4.79 Å². The molecule has 0 spiro atoms. The summed E-state index contributed by atoms with van der Waals surface area (Å²) >= 11 is 0. The summed E-state index contributed by atoms with van der Waals surface area (Å²) in [5, 5.41) is 2.81. The highest BCUT2D eigenvalue weighted by atomic mass is 127. The highest BCUT2D eigenvalue weighted by Crippen LogP contribution is 2.08. The van der Waals surface area contributed by atoms with Crippen LogP contribution < -0.4 is 33.9 Å². The number of carbonyl (C=O) groups excluding carboxylic acids is 1. The number of aromatic nitrogens is 2. The third-order valence-electron chi connectivity index (χ3n) is 2.31. The van der Waals surface area contributed by atoms with Crippen molar-refractivity contribution in [3.8, 4) is 0 Å². The van der Waals surface area contributed by atoms with Gasteiger partial charge in [0, 0.05) is 5.69 Å². The largest absolute Gasteiger partial charge is 1.00 e. The summed E-state index contributed by atoms with van der Waals surface area (Å²) < 4.78 is 3.31. The standard InChI is InChI=1S/C12H13N3O.HI/c1-10-3-5-11(6-4-10)13-12(16)15-8-7-14(2)9-15;/h3-9H,1-2H3;1H. The van der Waals surface area contributed by atoms with Gasteiger partial charge in [-0.3, -0.25) is 5.32 Å². The van der Waals surface area contributed by atoms with Crippen molar-refractivity contribution >= 4 is 11.7 Å². The molecule has 2 rings (SSSR count). The van der Waals surface area contributed by atoms with Crippen molar-refractivity contribution in [2.75, 3.05) is 5.32 Å². The molecule has 1 heterocycles. The van der Waals surface area contributed by atoms with Crippen LogP contribution in [-0.4, -0.2) is 10.6 Å². The van der Waals surface area contributed by atoms with Gasteiger partial charge in [0.1, 0.15) is 12.4 Å². The average molecular weight is 343 g/mol. The summed E-state index contributed by atoms with van der Waals surface area (Å²) in [5.41, 5.74) is 1.97. The summed E-state index contributed by atoms with van der Waals surface area (Å²) in [7, 11) is 1.87. The Morgan fingerprint density at radius 2 is 1.94 bits per heavy atom. The fourth-order valence-electron chi connectivity index (χ4n) is 1.40. The van der Waals surface area contributed by atoms with E-state index in [0.717, 1.165) is 5.69 Å². The molecule has 0 saturated heterocycles. The Hall–Kier alpha value is -1.37. The third-order valence-corrected chi connectivity index (χ3v) is 2.31. The number of amides is 1. The van der Waals surface area contributed by atoms with E-state index in [2.05, 4.69) is 5.32 Å². The number of hydrogen-bond acceptors (Lipinski definition) is 1. The second-order valence-electron chi connectivity index (χ2n) is 3.78. The van der Waals surface area contributed by atoms with Crippen molar-refractivity contribution in [3.05, 3.63) is 48.5 Å². The summed E-state index contributed by atoms with van der Waals surface area (Å²) in [4.78, 5) is 11.8. The normalized spacial score (nSPS) is 9.53. The minimum atomic E-state index is -0.163. The number of benzene rings is 1. The Labute approximate surface area is 117 Å². The van der Waals surface area contributed by atoms with Crippen molar-refractivity contribution < 1.29 is 33.3 Å². The monoisotopic (exact) mass is 343 g/mol. The van der Waals surface area contributed by atoms with Crippen LogP contribution in [0, 0.1) is 6.92 Å². The van der Waals surface area contributed by atoms with Gasteiger partial charge in [0.2, 0.25) is 0 Å². The van der Waals surface area contributed by atoms with E-state index in [1.807, 2.05) is 49.0 Å². The molecule has 0 fully saturated rings. The maximum absolute atomic E-state index is 11.8. The average Bonchev–Trinajstić information content (AvgIpc) is 2.68. The van der Waals surface area contributed by atoms with Crippen LogP contribution in [0.3, 0.4) is 0 Å². The first-order valence-electron chi connectivity index (χ1n) is 5.06. The van der Waals surface area contributed by atoms with Crippen LogP contribution >= 0.6 is 0 Å². The van der Waals surface area contributed by atoms with Crippen LogP contribution in [0.5, 0.6) is 0 Å². The summed E-state index contributed by atoms with van der Waals surface area (Å²) in [6, 6.07) is 7.54. The molecule has 1 aromatic heterocycles. The van der Waals surface area contributed by atoms with Gasteiger partial charge in [-0.05, 0) is 19.1 Å². The molecule has 4 nitrogen and oxygen atoms in total. The van der Waals surface area contributed by atoms with E-state index in [0.29, 0.717) is 0 Å². The van der Waals surface area contributed by atoms with Crippen molar-refractivity contribution in [1.29, 1.82) is 0 Å². The topological polar surface area (TPSA) is 37.9 Å². The lowest BCUT2D eigenvalue weighted by Crippen LogP contribution is -3.00. The summed E-state index contributed by atoms with van der Waals surface area (Å²) in [6.07, 6.45) is 5.24. The molecular formula is C12H14IN3O. The Bertz CT molecular complexity index is 505. The minimum absolute atomic E-state index is 0. The molecule has 5 heteroatoms. The Balaban J connectivity index is 0.00000144. The molecule has 0 radical (unpaired) electrons. The lowest BCUT2D eigenvalue weighted by Gasteiger charge is -2.01. The van der Waals surface area contributed by atoms with Crippen LogP contribution in [-0.2, 0) is 7.05 Å². The highest BCUT2D eigenvalue weighted by molar-refractivity contribution is 5.90. The van der Waals surface area contributed by atoms with Gasteiger partial charge in [0.05, 0.1) is 7.05 Å². The summed E-state index contributed by atoms with van der Waals surface area (Å²) in [6.45, 7) is 2.01. The number of rotatable bonds is 1. The predicted octanol–water partition coefficient (Wildman–Crippen LogP) is -1.29. The zero-order valence-electron chi connectivity index (χ0n) is 9.72. The molecule has 17 heavy (non-hydrogen) atoms. The second-order valence-corrected chi connectivity index (χ2v) is 3.78. The highest BCUT2D eigenvalue weighted by Gasteiger charge is 2.10. The number of aryl methyl sites for hydroxylation is 2. The van der Waals surface area contributed by atoms with Gasteiger partial charge in [-0.15, -0.1) is 0 Å². The van der Waals surface area contributed by atoms with Crippen LogP contribution in [0.15, 0.2) is 43.0 Å². The van der Waals surface area contributed by atoms with Crippen LogP contribution in [0.25, 0.3) is 0 Å². The number of nitrogens with zero attached hydrogens (tertiary/aromatic N) is 2. The molecular weight excluding hydrogens is 329 g/mol. The molecule has 1 amide bonds. The maximum atomic E-state index is 11.8. The van der Waals surface area contributed by atoms with E-state index < -0.39 is 0 Å². The quantitative estimate of drug-likeness (QED) is 0.508. The fourth-order valence-corrected chi connectivity index (χ4v) is 1.40. The Morgan fingerprint density at radius 1 is 1.29 bits per heavy atom. The summed E-state index contributed by atoms with van der Waals surface area (Å²) in [5.74, 6) is 0. The molecule has 0 atom stereocenters. The van der Waals surface area contributed by atoms with Crippen molar-refractivity contribution in [3.63, 3.8) is 0 Å². The maximum Gasteiger partial charge on any atom is 0.417 e. The SMILES string of the molecule is Cc1ccc(NC(=O)n2cc[n+](C)c2)cc1.[I-]. The number of carbonyl (C=O) groups is 1. The first-order chi connectivity index (χ1) is 7.65. The van der Waals surface area contributed by atoms with Crippen molar-refractivity contribution in [2.45, 2.75) is 6.92 Å². The zero-order valence-corrected chi connectivity index (χ0v) is 11.9. The van der Waals surface area contributed by atoms with E-state index in [-0.39, 0.29) is 30.0 Å². The van der Waals surface area contributed by atoms with Crippen LogP contribution in [0.1, 0.15) is 5.56 Å². The number of nitrogens with one attached hydrogen (secondary N) is 1. The van der Waals surface area contributed by atoms with Gasteiger partial charge in [0.15, 0.2) is 0 Å². The Morgan fingerprint density at radius 3 is 2.47 bits per heavy atom. The predicted molar refractivity (Wildman–Crippen MR) is 61.2 cm³/mol. The van der Waals surface area contributed by atoms with Gasteiger partial charge >= 0.3 is 6.03 Å². The van der Waals surface area contributed by atoms with E-state index in [4.69, 9.17) is 0 Å². The zero-order chi connectivity index (χ0) is 11.5. The van der Waals surface area contributed by atoms with E-state index in [1.165, 1.54) is 10.1 Å². The molecule has 90 valence electrons. The number of hydrogen-bond donors (Lipinski definition) is 1. The molecule has 0 aliphatic carbocycles. The van der Waals surface area contributed by atoms with Gasteiger partial charge in [-0.2, -0.15) is 4.57 Å². The minimum Gasteiger partial charge on any atom is -1.00 e. The van der Waals surface area contributed by atoms with Gasteiger partial charge in [0.25, 0.3) is 6.33 Å². The number of anilines is 1. The molecule has 1 aromatic carbocycles. The van der Waals surface area contributed by atoms with E-state index in [1.54, 1.807) is 12.5 Å². The molecule has 2 aromatic rings. The molecule has 0 unspecified atom stereocenters. The fraction of sp³-hybridized carbons (Fsp3) is 0.167. The van der Waals surface area contributed by atoms with Crippen molar-refractivity contribution in [2.24, 2.45) is 7.05 Å². The first-order valence-corrected chi connectivity index (χ1v) is 5.06. The lowest BCUT2D eigenvalue weighted by atomic mass is 10.2. The van der Waals surface area contributed by atoms with Crippen LogP contribution in [0.2, 0.25) is 0 Å². The smallest absolute Gasteiger partial charge is 0.417 e. The van der Waals surface area contributed by atoms with E-state index >= 15 is 0 Å². The first kappa shape index (κ1) is 13.7. The number of halogens is 1. The Kier molecular flexibility index (Phi) is 4.68. The van der Waals surface area contributed by atoms with Gasteiger partial charge < -0.3 is 24.0 Å². The molecule has 0 saturated carbocycles.